The van der Waals surface area contributed by atoms with Gasteiger partial charge in [-0.15, -0.1) is 0 Å². The summed E-state index contributed by atoms with van der Waals surface area (Å²) in [5, 5.41) is 9.24. The van der Waals surface area contributed by atoms with E-state index in [0.29, 0.717) is 28.4 Å². The molecule has 3 rings (SSSR count). The number of halogens is 3. The summed E-state index contributed by atoms with van der Waals surface area (Å²) in [6.07, 6.45) is -1.20. The van der Waals surface area contributed by atoms with Gasteiger partial charge in [0.25, 0.3) is 0 Å². The van der Waals surface area contributed by atoms with Crippen LogP contribution in [0.5, 0.6) is 17.2 Å². The van der Waals surface area contributed by atoms with Crippen LogP contribution in [0.2, 0.25) is 0 Å². The van der Waals surface area contributed by atoms with Crippen molar-refractivity contribution in [3.8, 4) is 28.4 Å². The van der Waals surface area contributed by atoms with E-state index in [4.69, 9.17) is 14.2 Å². The van der Waals surface area contributed by atoms with Gasteiger partial charge in [-0.2, -0.15) is 13.2 Å². The fourth-order valence-electron chi connectivity index (χ4n) is 3.38. The maximum Gasteiger partial charge on any atom is 0.416 e. The normalized spacial score (nSPS) is 11.4. The zero-order valence-corrected chi connectivity index (χ0v) is 18.6. The van der Waals surface area contributed by atoms with Crippen molar-refractivity contribution in [3.63, 3.8) is 0 Å². The number of methoxy groups -OCH3 is 2. The summed E-state index contributed by atoms with van der Waals surface area (Å²) in [4.78, 5) is 11.3. The van der Waals surface area contributed by atoms with Crippen LogP contribution in [0.3, 0.4) is 0 Å². The molecule has 1 N–H and O–H groups in total. The molecule has 0 atom stereocenters. The third kappa shape index (κ3) is 6.31. The van der Waals surface area contributed by atoms with E-state index in [-0.39, 0.29) is 13.0 Å². The number of alkyl halides is 3. The van der Waals surface area contributed by atoms with Gasteiger partial charge in [-0.05, 0) is 59.2 Å². The standard InChI is InChI=1S/C26H23F3O5/c1-32-23-15-19(13-20(16-24(30)31)25(23)33-2)18-6-3-7-22(14-18)34-12-4-5-17-8-10-21(11-9-17)26(27,28)29/h3-11,13-15H,12,16H2,1-2H3,(H,30,31). The molecule has 0 aliphatic heterocycles. The summed E-state index contributed by atoms with van der Waals surface area (Å²) in [6.45, 7) is 0.209. The van der Waals surface area contributed by atoms with Crippen molar-refractivity contribution in [2.75, 3.05) is 20.8 Å². The van der Waals surface area contributed by atoms with Gasteiger partial charge in [-0.3, -0.25) is 4.79 Å². The molecule has 0 aliphatic carbocycles. The highest BCUT2D eigenvalue weighted by Crippen LogP contribution is 2.37. The first-order chi connectivity index (χ1) is 16.2. The molecule has 0 aromatic heterocycles. The monoisotopic (exact) mass is 472 g/mol. The Labute approximate surface area is 195 Å². The molecule has 0 saturated carbocycles. The molecule has 5 nitrogen and oxygen atoms in total. The average molecular weight is 472 g/mol. The Morgan fingerprint density at radius 2 is 1.71 bits per heavy atom. The van der Waals surface area contributed by atoms with Crippen LogP contribution in [-0.4, -0.2) is 31.9 Å². The molecule has 8 heteroatoms. The number of carboxylic acid groups (broad SMARTS) is 1. The highest BCUT2D eigenvalue weighted by atomic mass is 19.4. The molecule has 0 fully saturated rings. The first kappa shape index (κ1) is 24.7. The quantitative estimate of drug-likeness (QED) is 0.407. The molecular weight excluding hydrogens is 449 g/mol. The van der Waals surface area contributed by atoms with E-state index >= 15 is 0 Å². The van der Waals surface area contributed by atoms with Crippen molar-refractivity contribution < 1.29 is 37.3 Å². The predicted molar refractivity (Wildman–Crippen MR) is 122 cm³/mol. The number of aliphatic carboxylic acids is 1. The summed E-state index contributed by atoms with van der Waals surface area (Å²) in [5.41, 5.74) is 1.94. The molecule has 0 amide bonds. The van der Waals surface area contributed by atoms with Crippen LogP contribution in [0.4, 0.5) is 13.2 Å². The van der Waals surface area contributed by atoms with Crippen molar-refractivity contribution in [1.29, 1.82) is 0 Å². The summed E-state index contributed by atoms with van der Waals surface area (Å²) < 4.78 is 54.4. The van der Waals surface area contributed by atoms with Gasteiger partial charge in [0.1, 0.15) is 12.4 Å². The predicted octanol–water partition coefficient (Wildman–Crippen LogP) is 6.11. The molecule has 178 valence electrons. The van der Waals surface area contributed by atoms with Crippen LogP contribution in [-0.2, 0) is 17.4 Å². The fraction of sp³-hybridized carbons (Fsp3) is 0.192. The second kappa shape index (κ2) is 10.8. The average Bonchev–Trinajstić information content (AvgIpc) is 2.81. The van der Waals surface area contributed by atoms with E-state index in [1.54, 1.807) is 42.5 Å². The number of carboxylic acids is 1. The Kier molecular flexibility index (Phi) is 7.83. The number of hydrogen-bond donors (Lipinski definition) is 1. The van der Waals surface area contributed by atoms with Gasteiger partial charge in [-0.25, -0.2) is 0 Å². The highest BCUT2D eigenvalue weighted by molar-refractivity contribution is 5.76. The maximum absolute atomic E-state index is 12.6. The first-order valence-electron chi connectivity index (χ1n) is 10.2. The maximum atomic E-state index is 12.6. The lowest BCUT2D eigenvalue weighted by atomic mass is 10.00. The van der Waals surface area contributed by atoms with Gasteiger partial charge in [0, 0.05) is 5.56 Å². The lowest BCUT2D eigenvalue weighted by Crippen LogP contribution is -2.04. The molecule has 34 heavy (non-hydrogen) atoms. The highest BCUT2D eigenvalue weighted by Gasteiger charge is 2.29. The van der Waals surface area contributed by atoms with E-state index in [2.05, 4.69) is 0 Å². The zero-order valence-electron chi connectivity index (χ0n) is 18.6. The molecular formula is C26H23F3O5. The van der Waals surface area contributed by atoms with E-state index in [9.17, 15) is 23.1 Å². The van der Waals surface area contributed by atoms with E-state index in [1.807, 2.05) is 6.07 Å². The van der Waals surface area contributed by atoms with Crippen molar-refractivity contribution in [1.82, 2.24) is 0 Å². The Bertz CT molecular complexity index is 1170. The number of hydrogen-bond acceptors (Lipinski definition) is 4. The summed E-state index contributed by atoms with van der Waals surface area (Å²) in [5.74, 6) is 0.370. The number of ether oxygens (including phenoxy) is 3. The Balaban J connectivity index is 1.74. The molecule has 0 saturated heterocycles. The third-order valence-corrected chi connectivity index (χ3v) is 4.96. The smallest absolute Gasteiger partial charge is 0.416 e. The van der Waals surface area contributed by atoms with Crippen LogP contribution in [0.15, 0.2) is 66.7 Å². The topological polar surface area (TPSA) is 65.0 Å². The number of benzene rings is 3. The number of rotatable bonds is 9. The minimum Gasteiger partial charge on any atom is -0.493 e. The van der Waals surface area contributed by atoms with E-state index < -0.39 is 17.7 Å². The summed E-state index contributed by atoms with van der Waals surface area (Å²) in [7, 11) is 2.93. The Morgan fingerprint density at radius 3 is 2.32 bits per heavy atom. The fourth-order valence-corrected chi connectivity index (χ4v) is 3.38. The minimum atomic E-state index is -4.36. The van der Waals surface area contributed by atoms with Crippen LogP contribution < -0.4 is 14.2 Å². The molecule has 3 aromatic rings. The molecule has 0 spiro atoms. The molecule has 3 aromatic carbocycles. The molecule has 0 unspecified atom stereocenters. The van der Waals surface area contributed by atoms with Crippen molar-refractivity contribution >= 4 is 12.0 Å². The lowest BCUT2D eigenvalue weighted by Gasteiger charge is -2.15. The Hall–Kier alpha value is -3.94. The van der Waals surface area contributed by atoms with E-state index in [1.165, 1.54) is 26.4 Å². The van der Waals surface area contributed by atoms with Crippen molar-refractivity contribution in [2.24, 2.45) is 0 Å². The second-order valence-electron chi connectivity index (χ2n) is 7.30. The third-order valence-electron chi connectivity index (χ3n) is 4.96. The van der Waals surface area contributed by atoms with Gasteiger partial charge in [0.05, 0.1) is 26.2 Å². The second-order valence-corrected chi connectivity index (χ2v) is 7.30. The van der Waals surface area contributed by atoms with Gasteiger partial charge >= 0.3 is 12.1 Å². The van der Waals surface area contributed by atoms with Crippen LogP contribution in [0.1, 0.15) is 16.7 Å². The van der Waals surface area contributed by atoms with Crippen LogP contribution in [0.25, 0.3) is 17.2 Å². The van der Waals surface area contributed by atoms with Gasteiger partial charge in [0.2, 0.25) is 0 Å². The van der Waals surface area contributed by atoms with Crippen molar-refractivity contribution in [3.05, 3.63) is 83.4 Å². The van der Waals surface area contributed by atoms with Crippen molar-refractivity contribution in [2.45, 2.75) is 12.6 Å². The number of carbonyl (C=O) groups is 1. The van der Waals surface area contributed by atoms with Gasteiger partial charge in [-0.1, -0.05) is 30.3 Å². The zero-order chi connectivity index (χ0) is 24.7. The SMILES string of the molecule is COc1cc(-c2cccc(OCC=Cc3ccc(C(F)(F)F)cc3)c2)cc(CC(=O)O)c1OC. The molecule has 0 bridgehead atoms. The summed E-state index contributed by atoms with van der Waals surface area (Å²) in [6, 6.07) is 15.6. The van der Waals surface area contributed by atoms with Crippen LogP contribution in [0, 0.1) is 0 Å². The Morgan fingerprint density at radius 1 is 0.971 bits per heavy atom. The van der Waals surface area contributed by atoms with Gasteiger partial charge in [0.15, 0.2) is 11.5 Å². The van der Waals surface area contributed by atoms with Gasteiger partial charge < -0.3 is 19.3 Å². The molecule has 0 heterocycles. The first-order valence-corrected chi connectivity index (χ1v) is 10.2. The molecule has 0 radical (unpaired) electrons. The largest absolute Gasteiger partial charge is 0.493 e. The van der Waals surface area contributed by atoms with E-state index in [0.717, 1.165) is 23.3 Å². The summed E-state index contributed by atoms with van der Waals surface area (Å²) >= 11 is 0. The van der Waals surface area contributed by atoms with Crippen LogP contribution >= 0.6 is 0 Å². The minimum absolute atomic E-state index is 0.209. The lowest BCUT2D eigenvalue weighted by molar-refractivity contribution is -0.138. The molecule has 0 aliphatic rings.